The van der Waals surface area contributed by atoms with E-state index in [9.17, 15) is 24.0 Å². The average Bonchev–Trinajstić information content (AvgIpc) is 1.59. The molecular weight excluding hydrogens is 1610 g/mol. The van der Waals surface area contributed by atoms with Gasteiger partial charge < -0.3 is 61.8 Å². The molecular formula is C70H125Cl2N21O7S9. The van der Waals surface area contributed by atoms with Crippen LogP contribution in [0.15, 0.2) is 27.8 Å². The highest BCUT2D eigenvalue weighted by atomic mass is 35.5. The average molecular weight is 1730 g/mol. The Morgan fingerprint density at radius 1 is 0.596 bits per heavy atom. The van der Waals surface area contributed by atoms with Crippen LogP contribution in [0.1, 0.15) is 163 Å². The second-order valence-corrected chi connectivity index (χ2v) is 32.2. The molecule has 109 heavy (non-hydrogen) atoms. The number of hydrogen-bond donors (Lipinski definition) is 5. The van der Waals surface area contributed by atoms with E-state index in [1.54, 1.807) is 30.1 Å². The van der Waals surface area contributed by atoms with Crippen LogP contribution in [0.3, 0.4) is 0 Å². The fourth-order valence-electron chi connectivity index (χ4n) is 16.9. The SMILES string of the molecule is CCOC(=O)n1nc2c(c1N)CN(C(=O)N1C[C@@H]3CCCN3C[C@@H]1C)C2(C)C.CCOC(=O)n1nc2c(c1N)CNC2(C)C.C[C@H]1CN2CCC[C@H]2CN1.C[C@H]1CN2CCC[C@H]2CN1C(=O)Cl.C[C@H]1CN2CCC[C@H]2CN1C(=O)N1CC2=C(CN=C2N)C1(C)C.Cc1csc2c(Cl)ncnc12.S.S.S.S.S.S.S.S. The molecule has 5 amide bonds. The summed E-state index contributed by atoms with van der Waals surface area (Å²) in [6.45, 7) is 41.8. The lowest BCUT2D eigenvalue weighted by Gasteiger charge is -2.46. The molecule has 39 heteroatoms. The predicted octanol–water partition coefficient (Wildman–Crippen LogP) is 9.17. The fraction of sp³-hybridized carbons (Fsp3) is 0.714. The Morgan fingerprint density at radius 2 is 1.05 bits per heavy atom. The molecule has 0 aromatic carbocycles. The number of aromatic nitrogens is 6. The van der Waals surface area contributed by atoms with Crippen molar-refractivity contribution in [1.29, 1.82) is 0 Å². The van der Waals surface area contributed by atoms with Crippen molar-refractivity contribution in [2.24, 2.45) is 10.7 Å². The van der Waals surface area contributed by atoms with Crippen molar-refractivity contribution >= 4 is 200 Å². The molecule has 4 aromatic rings. The number of hydrogen-bond acceptors (Lipinski definition) is 22. The van der Waals surface area contributed by atoms with Gasteiger partial charge in [-0.1, -0.05) is 11.6 Å². The van der Waals surface area contributed by atoms with Crippen molar-refractivity contribution in [2.75, 3.05) is 116 Å². The Balaban J connectivity index is 0.000000346. The normalized spacial score (nSPS) is 25.3. The van der Waals surface area contributed by atoms with Gasteiger partial charge in [-0.05, 0) is 196 Å². The van der Waals surface area contributed by atoms with E-state index in [4.69, 9.17) is 49.9 Å². The first kappa shape index (κ1) is 99.6. The lowest BCUT2D eigenvalue weighted by molar-refractivity contribution is 0.0452. The molecule has 0 bridgehead atoms. The number of anilines is 2. The van der Waals surface area contributed by atoms with Crippen molar-refractivity contribution in [3.63, 3.8) is 0 Å². The molecule has 8 fully saturated rings. The van der Waals surface area contributed by atoms with Gasteiger partial charge in [-0.2, -0.15) is 118 Å². The van der Waals surface area contributed by atoms with Gasteiger partial charge in [0, 0.05) is 124 Å². The van der Waals surface area contributed by atoms with Gasteiger partial charge in [-0.15, -0.1) is 20.7 Å². The van der Waals surface area contributed by atoms with Crippen LogP contribution in [0.25, 0.3) is 10.2 Å². The number of urea groups is 2. The summed E-state index contributed by atoms with van der Waals surface area (Å²) in [6.07, 6.45) is 10.5. The minimum absolute atomic E-state index is 0. The van der Waals surface area contributed by atoms with E-state index in [0.29, 0.717) is 79.5 Å². The summed E-state index contributed by atoms with van der Waals surface area (Å²) in [4.78, 5) is 93.7. The van der Waals surface area contributed by atoms with Crippen LogP contribution in [-0.4, -0.2) is 268 Å². The van der Waals surface area contributed by atoms with E-state index in [2.05, 4.69) is 102 Å². The number of ether oxygens (including phenoxy) is 2. The Morgan fingerprint density at radius 3 is 1.50 bits per heavy atom. The number of aryl methyl sites for hydroxylation is 1. The summed E-state index contributed by atoms with van der Waals surface area (Å²) in [5, 5.41) is 17.7. The molecule has 0 saturated carbocycles. The summed E-state index contributed by atoms with van der Waals surface area (Å²) in [5.41, 5.74) is 24.4. The quantitative estimate of drug-likeness (QED) is 0.0709. The van der Waals surface area contributed by atoms with Gasteiger partial charge in [0.25, 0.3) is 0 Å². The number of piperazine rings is 4. The number of nitrogens with two attached hydrogens (primary N) is 3. The summed E-state index contributed by atoms with van der Waals surface area (Å²) in [7, 11) is 0. The Labute approximate surface area is 714 Å². The standard InChI is InChI=1S/C19H30N6O3.C17H27N5O.C10H16N4O2.C9H15ClN2O.C8H16N2.C7H5ClN2S.8H2S/c1-5-28-18(27)25-16(20)14-11-24(19(3,4)15(14)21-25)17(26)23-10-13-7-6-8-22(13)9-12(23)2;1-11-8-20-6-4-5-12(20)9-21(11)16(23)22-10-13-14(17(22,2)3)7-19-15(13)18;1-4-16-9(15)14-8(11)6-5-12-10(2,3)7(6)13-14;1-7-5-11-4-2-3-8(11)6-12(7)9(10)13;1-7-6-10-4-2-3-8(10)5-9-7;1-4-2-11-6-5(4)9-3-10-7(6)8;;;;;;;;/h12-13H,5-11,20H2,1-4H3;11-12H,4-10H2,1-3H3,(H2,18,19);12H,4-5,11H2,1-3H3;7-8H,2-6H2,1H3;7-9H,2-6H2,1H3;2-3H,1H3;8*1H2/t12-,13-;11-,12-;;2*7-,8-;;;;;;;;;/m00.00........./s1. The highest BCUT2D eigenvalue weighted by Gasteiger charge is 2.51. The van der Waals surface area contributed by atoms with Gasteiger partial charge in [0.15, 0.2) is 0 Å². The zero-order valence-electron chi connectivity index (χ0n) is 65.6. The van der Waals surface area contributed by atoms with Gasteiger partial charge in [-0.25, -0.2) is 29.1 Å². The van der Waals surface area contributed by atoms with Crippen molar-refractivity contribution in [1.82, 2.24) is 84.3 Å². The summed E-state index contributed by atoms with van der Waals surface area (Å²) >= 11 is 12.9. The molecule has 8 saturated heterocycles. The van der Waals surface area contributed by atoms with Crippen LogP contribution in [0.4, 0.5) is 35.6 Å². The zero-order chi connectivity index (χ0) is 72.7. The Hall–Kier alpha value is -3.64. The van der Waals surface area contributed by atoms with Crippen LogP contribution in [0.2, 0.25) is 5.15 Å². The molecule has 0 unspecified atom stereocenters. The van der Waals surface area contributed by atoms with Crippen molar-refractivity contribution in [2.45, 2.75) is 219 Å². The molecule has 0 spiro atoms. The Kier molecular flexibility index (Phi) is 38.2. The number of thiophene rings is 1. The van der Waals surface area contributed by atoms with Gasteiger partial charge in [0.2, 0.25) is 0 Å². The molecule has 0 aliphatic carbocycles. The first-order valence-corrected chi connectivity index (χ1v) is 38.1. The second-order valence-electron chi connectivity index (χ2n) is 30.6. The number of nitrogens with one attached hydrogen (secondary N) is 2. The van der Waals surface area contributed by atoms with Crippen LogP contribution in [0, 0.1) is 6.92 Å². The topological polar surface area (TPSA) is 309 Å². The molecule has 16 heterocycles. The third kappa shape index (κ3) is 21.2. The van der Waals surface area contributed by atoms with Crippen molar-refractivity contribution < 1.29 is 33.4 Å². The molecule has 16 rings (SSSR count). The van der Waals surface area contributed by atoms with E-state index in [-0.39, 0.29) is 167 Å². The lowest BCUT2D eigenvalue weighted by Crippen LogP contribution is -2.61. The highest BCUT2D eigenvalue weighted by Crippen LogP contribution is 2.43. The largest absolute Gasteiger partial charge is 0.448 e. The Bertz CT molecular complexity index is 3800. The number of amides is 5. The van der Waals surface area contributed by atoms with E-state index >= 15 is 0 Å². The van der Waals surface area contributed by atoms with Gasteiger partial charge >= 0.3 is 29.6 Å². The number of carbonyl (C=O) groups is 5. The fourth-order valence-corrected chi connectivity index (χ4v) is 18.3. The zero-order valence-corrected chi connectivity index (χ0v) is 75.9. The maximum atomic E-state index is 13.5. The third-order valence-corrected chi connectivity index (χ3v) is 24.5. The van der Waals surface area contributed by atoms with Crippen molar-refractivity contribution in [3.05, 3.63) is 56.1 Å². The summed E-state index contributed by atoms with van der Waals surface area (Å²) < 4.78 is 13.1. The minimum atomic E-state index is -0.648. The number of nitrogen functional groups attached to an aromatic ring is 2. The third-order valence-electron chi connectivity index (χ3n) is 22.8. The van der Waals surface area contributed by atoms with Gasteiger partial charge in [0.1, 0.15) is 29.0 Å². The molecule has 620 valence electrons. The molecule has 0 radical (unpaired) electrons. The smallest absolute Gasteiger partial charge is 0.436 e. The molecule has 4 aromatic heterocycles. The van der Waals surface area contributed by atoms with Crippen LogP contribution in [0.5, 0.6) is 0 Å². The van der Waals surface area contributed by atoms with E-state index < -0.39 is 17.7 Å². The molecule has 8 N–H and O–H groups in total. The molecule has 8 atom stereocenters. The minimum Gasteiger partial charge on any atom is -0.448 e. The number of amidine groups is 1. The van der Waals surface area contributed by atoms with Crippen LogP contribution in [-0.2, 0) is 33.6 Å². The first-order chi connectivity index (χ1) is 47.9. The number of halogens is 2. The molecule has 28 nitrogen and oxygen atoms in total. The number of aliphatic imine (C=N–C) groups is 1. The number of nitrogens with zero attached hydrogens (tertiary/aromatic N) is 16. The molecule has 12 aliphatic rings. The van der Waals surface area contributed by atoms with E-state index in [1.165, 1.54) is 89.6 Å². The summed E-state index contributed by atoms with van der Waals surface area (Å²) in [6, 6.07) is 4.07. The predicted molar refractivity (Wildman–Crippen MR) is 477 cm³/mol. The van der Waals surface area contributed by atoms with E-state index in [0.717, 1.165) is 106 Å². The van der Waals surface area contributed by atoms with Gasteiger partial charge in [0.05, 0.1) is 71.1 Å². The monoisotopic (exact) mass is 1730 g/mol. The number of carbonyl (C=O) groups excluding carboxylic acids is 5. The van der Waals surface area contributed by atoms with E-state index in [1.807, 2.05) is 54.7 Å². The first-order valence-electron chi connectivity index (χ1n) is 36.5. The maximum Gasteiger partial charge on any atom is 0.436 e. The van der Waals surface area contributed by atoms with Crippen LogP contribution >= 0.6 is 143 Å². The van der Waals surface area contributed by atoms with Gasteiger partial charge in [-0.3, -0.25) is 29.4 Å². The second kappa shape index (κ2) is 41.8. The highest BCUT2D eigenvalue weighted by molar-refractivity contribution is 7.60. The number of fused-ring (bicyclic) bond motifs is 7. The van der Waals surface area contributed by atoms with Crippen LogP contribution < -0.4 is 27.8 Å². The maximum absolute atomic E-state index is 13.5. The lowest BCUT2D eigenvalue weighted by atomic mass is 9.94. The van der Waals surface area contributed by atoms with Crippen molar-refractivity contribution in [3.8, 4) is 0 Å². The number of rotatable bonds is 2. The molecule has 12 aliphatic heterocycles. The summed E-state index contributed by atoms with van der Waals surface area (Å²) in [5.74, 6) is 1.24.